The number of carbonyl (C=O) groups excluding carboxylic acids is 3. The fraction of sp³-hybridized carbons (Fsp3) is 0.387. The molecular weight excluding hydrogens is 669 g/mol. The van der Waals surface area contributed by atoms with Gasteiger partial charge in [-0.3, -0.25) is 19.5 Å². The average Bonchev–Trinajstić information content (AvgIpc) is 3.74. The third-order valence-electron chi connectivity index (χ3n) is 8.91. The summed E-state index contributed by atoms with van der Waals surface area (Å²) in [5.74, 6) is -1.35. The van der Waals surface area contributed by atoms with Crippen LogP contribution < -0.4 is 5.32 Å². The monoisotopic (exact) mass is 701 g/mol. The van der Waals surface area contributed by atoms with Gasteiger partial charge in [-0.1, -0.05) is 11.6 Å². The first-order valence-electron chi connectivity index (χ1n) is 15.3. The third-order valence-corrected chi connectivity index (χ3v) is 9.23. The molecule has 0 spiro atoms. The summed E-state index contributed by atoms with van der Waals surface area (Å²) in [6.45, 7) is 1.80. The molecule has 2 atom stereocenters. The molecular formula is C31H33ClF3N10O4+. The number of nitrogens with one attached hydrogen (secondary N) is 2. The van der Waals surface area contributed by atoms with Gasteiger partial charge in [0.1, 0.15) is 18.3 Å². The Balaban J connectivity index is 1.14. The normalized spacial score (nSPS) is 19.3. The molecule has 2 aliphatic heterocycles. The maximum Gasteiger partial charge on any atom is 0.435 e. The molecule has 3 N–H and O–H groups in total. The number of likely N-dealkylation sites (N-methyl/N-ethyl adjacent to an activating group) is 1. The number of aliphatic hydroxyl groups is 1. The number of nitrogens with zero attached hydrogens (tertiary/aromatic N) is 8. The maximum absolute atomic E-state index is 13.9. The minimum absolute atomic E-state index is 0.0273. The Morgan fingerprint density at radius 2 is 1.73 bits per heavy atom. The molecule has 0 bridgehead atoms. The first-order chi connectivity index (χ1) is 23.2. The van der Waals surface area contributed by atoms with Gasteiger partial charge in [-0.15, -0.1) is 0 Å². The van der Waals surface area contributed by atoms with Gasteiger partial charge in [-0.05, 0) is 24.3 Å². The lowest BCUT2D eigenvalue weighted by Crippen LogP contribution is -2.58. The van der Waals surface area contributed by atoms with Gasteiger partial charge in [0.2, 0.25) is 0 Å². The van der Waals surface area contributed by atoms with Gasteiger partial charge < -0.3 is 29.3 Å². The van der Waals surface area contributed by atoms with Crippen molar-refractivity contribution in [3.8, 4) is 22.8 Å². The van der Waals surface area contributed by atoms with Crippen molar-refractivity contribution < 1.29 is 37.1 Å². The van der Waals surface area contributed by atoms with Gasteiger partial charge in [-0.25, -0.2) is 15.0 Å². The highest BCUT2D eigenvalue weighted by Gasteiger charge is 2.47. The smallest absolute Gasteiger partial charge is 0.387 e. The van der Waals surface area contributed by atoms with Crippen molar-refractivity contribution >= 4 is 35.0 Å². The fourth-order valence-electron chi connectivity index (χ4n) is 6.39. The summed E-state index contributed by atoms with van der Waals surface area (Å²) in [6, 6.07) is 5.52. The van der Waals surface area contributed by atoms with Crippen LogP contribution in [0.15, 0.2) is 42.9 Å². The summed E-state index contributed by atoms with van der Waals surface area (Å²) in [5, 5.41) is 18.6. The van der Waals surface area contributed by atoms with Crippen molar-refractivity contribution in [2.45, 2.75) is 24.7 Å². The van der Waals surface area contributed by atoms with Crippen LogP contribution in [0.1, 0.15) is 33.1 Å². The number of carbonyl (C=O) groups is 3. The molecule has 2 aliphatic rings. The summed E-state index contributed by atoms with van der Waals surface area (Å²) in [5.41, 5.74) is -1.32. The van der Waals surface area contributed by atoms with Crippen LogP contribution in [0.25, 0.3) is 22.8 Å². The van der Waals surface area contributed by atoms with Crippen LogP contribution in [0.2, 0.25) is 5.02 Å². The number of benzene rings is 1. The summed E-state index contributed by atoms with van der Waals surface area (Å²) >= 11 is 6.48. The molecule has 2 saturated heterocycles. The number of hydrogen-bond acceptors (Lipinski definition) is 8. The SMILES string of the molecule is Cn1c(-c2c(C(F)(F)F)n[nH]c2-c2ncccn2)cnc1C(=O)Nc1ccc(C(=O)N2CCN(C(=O)[C@@H]3C[C@@H](O)C[N+]3(C)C)CC2)c(Cl)c1. The zero-order chi connectivity index (χ0) is 35.2. The molecule has 2 fully saturated rings. The van der Waals surface area contributed by atoms with Crippen molar-refractivity contribution in [3.05, 3.63) is 65.0 Å². The van der Waals surface area contributed by atoms with Crippen molar-refractivity contribution in [3.63, 3.8) is 0 Å². The largest absolute Gasteiger partial charge is 0.435 e. The second-order valence-corrected chi connectivity index (χ2v) is 13.0. The number of anilines is 1. The number of aromatic nitrogens is 6. The highest BCUT2D eigenvalue weighted by molar-refractivity contribution is 6.34. The van der Waals surface area contributed by atoms with E-state index < -0.39 is 23.9 Å². The van der Waals surface area contributed by atoms with Crippen LogP contribution >= 0.6 is 11.6 Å². The van der Waals surface area contributed by atoms with Crippen molar-refractivity contribution in [2.75, 3.05) is 52.1 Å². The summed E-state index contributed by atoms with van der Waals surface area (Å²) in [6.07, 6.45) is -1.08. The van der Waals surface area contributed by atoms with E-state index in [9.17, 15) is 32.7 Å². The van der Waals surface area contributed by atoms with Gasteiger partial charge >= 0.3 is 6.18 Å². The average molecular weight is 702 g/mol. The van der Waals surface area contributed by atoms with Gasteiger partial charge in [0, 0.05) is 57.7 Å². The van der Waals surface area contributed by atoms with Gasteiger partial charge in [0.15, 0.2) is 23.4 Å². The number of alkyl halides is 3. The molecule has 6 rings (SSSR count). The van der Waals surface area contributed by atoms with Crippen LogP contribution in [-0.2, 0) is 18.0 Å². The minimum Gasteiger partial charge on any atom is -0.387 e. The van der Waals surface area contributed by atoms with Crippen molar-refractivity contribution in [1.29, 1.82) is 0 Å². The van der Waals surface area contributed by atoms with Gasteiger partial charge in [0.05, 0.1) is 42.1 Å². The van der Waals surface area contributed by atoms with Crippen LogP contribution in [0.5, 0.6) is 0 Å². The standard InChI is InChI=1S/C31H32ClF3N10O4/c1-42-21(23-24(26-36-7-4-8-37-26)40-41-25(23)31(33,34)35)15-38-27(42)28(47)39-17-5-6-19(20(32)13-17)29(48)43-9-11-44(12-10-43)30(49)22-14-18(46)16-45(22,2)3/h4-8,13,15,18,22,46H,9-12,14,16H2,1-3H3,(H-,36,37,39,40,41,47,48)/p+1/t18-,22+/m1/s1. The zero-order valence-corrected chi connectivity index (χ0v) is 27.5. The highest BCUT2D eigenvalue weighted by Crippen LogP contribution is 2.40. The van der Waals surface area contributed by atoms with E-state index in [0.717, 1.165) is 6.20 Å². The third kappa shape index (κ3) is 6.60. The number of piperazine rings is 1. The van der Waals surface area contributed by atoms with Gasteiger partial charge in [-0.2, -0.15) is 18.3 Å². The number of halogens is 4. The predicted molar refractivity (Wildman–Crippen MR) is 170 cm³/mol. The lowest BCUT2D eigenvalue weighted by atomic mass is 10.1. The second kappa shape index (κ2) is 12.9. The van der Waals surface area contributed by atoms with E-state index in [1.807, 2.05) is 14.1 Å². The Hall–Kier alpha value is -4.87. The Bertz CT molecular complexity index is 1900. The minimum atomic E-state index is -4.83. The molecule has 18 heteroatoms. The molecule has 0 unspecified atom stereocenters. The van der Waals surface area contributed by atoms with Crippen molar-refractivity contribution in [2.24, 2.45) is 7.05 Å². The van der Waals surface area contributed by atoms with E-state index in [2.05, 4.69) is 30.5 Å². The number of rotatable bonds is 6. The van der Waals surface area contributed by atoms with E-state index in [-0.39, 0.29) is 62.7 Å². The Morgan fingerprint density at radius 1 is 1.06 bits per heavy atom. The number of aliphatic hydroxyl groups excluding tert-OH is 1. The number of amides is 3. The fourth-order valence-corrected chi connectivity index (χ4v) is 6.65. The summed E-state index contributed by atoms with van der Waals surface area (Å²) < 4.78 is 43.4. The molecule has 4 aromatic rings. The molecule has 3 aromatic heterocycles. The quantitative estimate of drug-likeness (QED) is 0.259. The molecule has 49 heavy (non-hydrogen) atoms. The van der Waals surface area contributed by atoms with Crippen molar-refractivity contribution in [1.82, 2.24) is 39.5 Å². The lowest BCUT2D eigenvalue weighted by Gasteiger charge is -2.38. The lowest BCUT2D eigenvalue weighted by molar-refractivity contribution is -0.894. The molecule has 0 saturated carbocycles. The Labute approximate surface area is 283 Å². The molecule has 5 heterocycles. The number of hydrogen-bond donors (Lipinski definition) is 3. The number of likely N-dealkylation sites (tertiary alicyclic amines) is 1. The Morgan fingerprint density at radius 3 is 2.35 bits per heavy atom. The topological polar surface area (TPSA) is 162 Å². The summed E-state index contributed by atoms with van der Waals surface area (Å²) in [4.78, 5) is 55.2. The first-order valence-corrected chi connectivity index (χ1v) is 15.7. The second-order valence-electron chi connectivity index (χ2n) is 12.6. The number of quaternary nitrogens is 1. The Kier molecular flexibility index (Phi) is 8.93. The van der Waals surface area contributed by atoms with Gasteiger partial charge in [0.25, 0.3) is 17.7 Å². The van der Waals surface area contributed by atoms with E-state index in [0.29, 0.717) is 43.6 Å². The number of aromatic amines is 1. The van der Waals surface area contributed by atoms with E-state index >= 15 is 0 Å². The first kappa shape index (κ1) is 34.0. The van der Waals surface area contributed by atoms with E-state index in [1.165, 1.54) is 48.3 Å². The van der Waals surface area contributed by atoms with Crippen LogP contribution in [0.3, 0.4) is 0 Å². The zero-order valence-electron chi connectivity index (χ0n) is 26.7. The highest BCUT2D eigenvalue weighted by atomic mass is 35.5. The van der Waals surface area contributed by atoms with Crippen LogP contribution in [-0.4, -0.2) is 126 Å². The molecule has 0 radical (unpaired) electrons. The number of H-pyrrole nitrogens is 1. The molecule has 1 aromatic carbocycles. The molecule has 0 aliphatic carbocycles. The summed E-state index contributed by atoms with van der Waals surface area (Å²) in [7, 11) is 5.23. The van der Waals surface area contributed by atoms with Crippen LogP contribution in [0.4, 0.5) is 18.9 Å². The number of imidazole rings is 1. The van der Waals surface area contributed by atoms with Crippen LogP contribution in [0, 0.1) is 0 Å². The van der Waals surface area contributed by atoms with E-state index in [4.69, 9.17) is 11.6 Å². The molecule has 14 nitrogen and oxygen atoms in total. The maximum atomic E-state index is 13.9. The molecule has 3 amide bonds. The predicted octanol–water partition coefficient (Wildman–Crippen LogP) is 2.69. The molecule has 258 valence electrons. The van der Waals surface area contributed by atoms with E-state index in [1.54, 1.807) is 9.80 Å².